The van der Waals surface area contributed by atoms with E-state index in [9.17, 15) is 0 Å². The van der Waals surface area contributed by atoms with Gasteiger partial charge in [0.1, 0.15) is 17.7 Å². The summed E-state index contributed by atoms with van der Waals surface area (Å²) in [6, 6.07) is 4.78. The summed E-state index contributed by atoms with van der Waals surface area (Å²) in [5, 5.41) is 18.2. The standard InChI is InChI=1S/C20H25N3/c1-23(19-5-3-2-4-6-19)20-10-9-15-7-8-16(11-17(15)12-20)18(13-21)14-22/h11-12,15,19H,2-10H2,1H3/t15-/m1/s1. The summed E-state index contributed by atoms with van der Waals surface area (Å²) >= 11 is 0. The molecule has 0 aromatic heterocycles. The Morgan fingerprint density at radius 3 is 2.39 bits per heavy atom. The largest absolute Gasteiger partial charge is 0.375 e. The minimum atomic E-state index is 0.289. The Balaban J connectivity index is 1.84. The van der Waals surface area contributed by atoms with Gasteiger partial charge in [0.25, 0.3) is 0 Å². The van der Waals surface area contributed by atoms with Gasteiger partial charge >= 0.3 is 0 Å². The molecule has 23 heavy (non-hydrogen) atoms. The zero-order valence-electron chi connectivity index (χ0n) is 14.0. The Bertz CT molecular complexity index is 617. The molecule has 0 bridgehead atoms. The highest BCUT2D eigenvalue weighted by Crippen LogP contribution is 2.39. The number of rotatable bonds is 2. The van der Waals surface area contributed by atoms with Gasteiger partial charge < -0.3 is 4.90 Å². The molecule has 0 aliphatic heterocycles. The van der Waals surface area contributed by atoms with E-state index in [0.29, 0.717) is 12.0 Å². The highest BCUT2D eigenvalue weighted by Gasteiger charge is 2.27. The molecule has 0 aromatic rings. The SMILES string of the molecule is CN(C1=CC2=CC(=C(C#N)C#N)CC[C@@H]2CC1)C1CCCCC1. The number of hydrogen-bond donors (Lipinski definition) is 0. The molecule has 0 amide bonds. The molecule has 3 heteroatoms. The summed E-state index contributed by atoms with van der Waals surface area (Å²) in [5.41, 5.74) is 3.99. The predicted octanol–water partition coefficient (Wildman–Crippen LogP) is 4.61. The zero-order valence-corrected chi connectivity index (χ0v) is 14.0. The zero-order chi connectivity index (χ0) is 16.2. The van der Waals surface area contributed by atoms with Crippen molar-refractivity contribution in [2.75, 3.05) is 7.05 Å². The van der Waals surface area contributed by atoms with Gasteiger partial charge in [-0.15, -0.1) is 0 Å². The first-order valence-electron chi connectivity index (χ1n) is 8.91. The molecule has 1 fully saturated rings. The second-order valence-electron chi connectivity index (χ2n) is 7.08. The normalized spacial score (nSPS) is 24.7. The van der Waals surface area contributed by atoms with Gasteiger partial charge in [-0.2, -0.15) is 10.5 Å². The summed E-state index contributed by atoms with van der Waals surface area (Å²) in [6.07, 6.45) is 15.5. The van der Waals surface area contributed by atoms with Gasteiger partial charge in [0.05, 0.1) is 0 Å². The number of fused-ring (bicyclic) bond motifs is 1. The first kappa shape index (κ1) is 15.9. The van der Waals surface area contributed by atoms with E-state index in [1.165, 1.54) is 49.8 Å². The lowest BCUT2D eigenvalue weighted by molar-refractivity contribution is 0.224. The number of nitrogens with zero attached hydrogens (tertiary/aromatic N) is 3. The van der Waals surface area contributed by atoms with Crippen LogP contribution in [-0.4, -0.2) is 18.0 Å². The van der Waals surface area contributed by atoms with E-state index in [1.54, 1.807) is 0 Å². The molecular weight excluding hydrogens is 282 g/mol. The molecule has 0 radical (unpaired) electrons. The molecule has 0 N–H and O–H groups in total. The third-order valence-electron chi connectivity index (χ3n) is 5.78. The minimum absolute atomic E-state index is 0.289. The Morgan fingerprint density at radius 1 is 1.00 bits per heavy atom. The smallest absolute Gasteiger partial charge is 0.132 e. The Labute approximate surface area is 139 Å². The minimum Gasteiger partial charge on any atom is -0.375 e. The predicted molar refractivity (Wildman–Crippen MR) is 91.0 cm³/mol. The van der Waals surface area contributed by atoms with Crippen LogP contribution in [0.5, 0.6) is 0 Å². The van der Waals surface area contributed by atoms with E-state index in [-0.39, 0.29) is 5.57 Å². The lowest BCUT2D eigenvalue weighted by Gasteiger charge is -2.38. The van der Waals surface area contributed by atoms with Crippen molar-refractivity contribution in [3.05, 3.63) is 34.6 Å². The van der Waals surface area contributed by atoms with Crippen molar-refractivity contribution in [1.29, 1.82) is 10.5 Å². The molecule has 1 saturated carbocycles. The van der Waals surface area contributed by atoms with E-state index >= 15 is 0 Å². The van der Waals surface area contributed by atoms with Crippen LogP contribution in [0.3, 0.4) is 0 Å². The molecule has 3 nitrogen and oxygen atoms in total. The maximum Gasteiger partial charge on any atom is 0.132 e. The second kappa shape index (κ2) is 7.05. The summed E-state index contributed by atoms with van der Waals surface area (Å²) in [4.78, 5) is 2.50. The second-order valence-corrected chi connectivity index (χ2v) is 7.08. The third-order valence-corrected chi connectivity index (χ3v) is 5.78. The molecule has 1 atom stereocenters. The van der Waals surface area contributed by atoms with Gasteiger partial charge in [0, 0.05) is 18.8 Å². The van der Waals surface area contributed by atoms with Gasteiger partial charge in [0.2, 0.25) is 0 Å². The van der Waals surface area contributed by atoms with Crippen molar-refractivity contribution in [2.45, 2.75) is 63.8 Å². The lowest BCUT2D eigenvalue weighted by atomic mass is 9.77. The van der Waals surface area contributed by atoms with Crippen molar-refractivity contribution < 1.29 is 0 Å². The van der Waals surface area contributed by atoms with E-state index < -0.39 is 0 Å². The first-order chi connectivity index (χ1) is 11.2. The fourth-order valence-electron chi connectivity index (χ4n) is 4.29. The summed E-state index contributed by atoms with van der Waals surface area (Å²) in [6.45, 7) is 0. The van der Waals surface area contributed by atoms with Crippen molar-refractivity contribution in [3.8, 4) is 12.1 Å². The highest BCUT2D eigenvalue weighted by atomic mass is 15.1. The van der Waals surface area contributed by atoms with Crippen LogP contribution in [0.15, 0.2) is 34.6 Å². The fraction of sp³-hybridized carbons (Fsp3) is 0.600. The topological polar surface area (TPSA) is 50.8 Å². The van der Waals surface area contributed by atoms with E-state index in [0.717, 1.165) is 24.8 Å². The molecule has 3 aliphatic carbocycles. The molecular formula is C20H25N3. The van der Waals surface area contributed by atoms with Gasteiger partial charge in [-0.3, -0.25) is 0 Å². The van der Waals surface area contributed by atoms with E-state index in [2.05, 4.69) is 24.1 Å². The Kier molecular flexibility index (Phi) is 4.87. The van der Waals surface area contributed by atoms with Crippen LogP contribution in [0.2, 0.25) is 0 Å². The highest BCUT2D eigenvalue weighted by molar-refractivity contribution is 5.49. The number of allylic oxidation sites excluding steroid dienone is 6. The molecule has 0 spiro atoms. The van der Waals surface area contributed by atoms with Crippen LogP contribution >= 0.6 is 0 Å². The molecule has 120 valence electrons. The van der Waals surface area contributed by atoms with Crippen LogP contribution in [-0.2, 0) is 0 Å². The van der Waals surface area contributed by atoms with Crippen LogP contribution < -0.4 is 0 Å². The monoisotopic (exact) mass is 307 g/mol. The van der Waals surface area contributed by atoms with E-state index in [4.69, 9.17) is 10.5 Å². The molecule has 3 aliphatic rings. The summed E-state index contributed by atoms with van der Waals surface area (Å²) < 4.78 is 0. The average Bonchev–Trinajstić information content (AvgIpc) is 2.62. The van der Waals surface area contributed by atoms with Gasteiger partial charge in [-0.25, -0.2) is 0 Å². The maximum atomic E-state index is 9.10. The van der Waals surface area contributed by atoms with Crippen molar-refractivity contribution in [1.82, 2.24) is 4.90 Å². The molecule has 0 unspecified atom stereocenters. The quantitative estimate of drug-likeness (QED) is 0.700. The van der Waals surface area contributed by atoms with Crippen LogP contribution in [0.1, 0.15) is 57.8 Å². The summed E-state index contributed by atoms with van der Waals surface area (Å²) in [5.74, 6) is 0.612. The maximum absolute atomic E-state index is 9.10. The lowest BCUT2D eigenvalue weighted by Crippen LogP contribution is -2.34. The molecule has 0 saturated heterocycles. The van der Waals surface area contributed by atoms with Gasteiger partial charge in [0.15, 0.2) is 0 Å². The van der Waals surface area contributed by atoms with Crippen molar-refractivity contribution in [2.24, 2.45) is 5.92 Å². The molecule has 0 heterocycles. The molecule has 3 rings (SSSR count). The van der Waals surface area contributed by atoms with Gasteiger partial charge in [-0.05, 0) is 61.7 Å². The first-order valence-corrected chi connectivity index (χ1v) is 8.91. The van der Waals surface area contributed by atoms with Crippen molar-refractivity contribution in [3.63, 3.8) is 0 Å². The average molecular weight is 307 g/mol. The van der Waals surface area contributed by atoms with Crippen LogP contribution in [0, 0.1) is 28.6 Å². The van der Waals surface area contributed by atoms with Crippen LogP contribution in [0.25, 0.3) is 0 Å². The fourth-order valence-corrected chi connectivity index (χ4v) is 4.29. The van der Waals surface area contributed by atoms with Gasteiger partial charge in [-0.1, -0.05) is 25.3 Å². The number of nitriles is 2. The Morgan fingerprint density at radius 2 is 1.70 bits per heavy atom. The third kappa shape index (κ3) is 3.35. The van der Waals surface area contributed by atoms with Crippen LogP contribution in [0.4, 0.5) is 0 Å². The number of hydrogen-bond acceptors (Lipinski definition) is 3. The Hall–Kier alpha value is -2.00. The van der Waals surface area contributed by atoms with Crippen molar-refractivity contribution >= 4 is 0 Å². The molecule has 0 aromatic carbocycles. The van der Waals surface area contributed by atoms with E-state index in [1.807, 2.05) is 12.1 Å². The summed E-state index contributed by atoms with van der Waals surface area (Å²) in [7, 11) is 2.25.